The molecule has 0 saturated heterocycles. The van der Waals surface area contributed by atoms with Crippen LogP contribution in [-0.4, -0.2) is 26.7 Å². The van der Waals surface area contributed by atoms with Crippen LogP contribution in [0.15, 0.2) is 17.4 Å². The molecule has 1 atom stereocenters. The number of aliphatic imine (C=N–C) groups is 1. The maximum atomic E-state index is 4.57. The highest BCUT2D eigenvalue weighted by atomic mass is 32.2. The summed E-state index contributed by atoms with van der Waals surface area (Å²) in [5, 5.41) is 8.52. The van der Waals surface area contributed by atoms with Crippen molar-refractivity contribution in [3.63, 3.8) is 0 Å². The van der Waals surface area contributed by atoms with E-state index in [2.05, 4.69) is 29.3 Å². The lowest BCUT2D eigenvalue weighted by molar-refractivity contribution is 0.660. The van der Waals surface area contributed by atoms with Crippen molar-refractivity contribution in [1.82, 2.24) is 9.78 Å². The zero-order valence-corrected chi connectivity index (χ0v) is 9.92. The van der Waals surface area contributed by atoms with E-state index in [0.717, 1.165) is 29.6 Å². The van der Waals surface area contributed by atoms with Gasteiger partial charge in [0.05, 0.1) is 17.9 Å². The minimum absolute atomic E-state index is 0.485. The van der Waals surface area contributed by atoms with Gasteiger partial charge < -0.3 is 5.32 Å². The van der Waals surface area contributed by atoms with Gasteiger partial charge in [-0.1, -0.05) is 18.7 Å². The summed E-state index contributed by atoms with van der Waals surface area (Å²) in [5.74, 6) is 1.10. The first-order valence-electron chi connectivity index (χ1n) is 5.32. The van der Waals surface area contributed by atoms with Crippen LogP contribution in [0, 0.1) is 0 Å². The summed E-state index contributed by atoms with van der Waals surface area (Å²) in [6.07, 6.45) is 4.96. The zero-order chi connectivity index (χ0) is 10.7. The molecule has 1 aromatic heterocycles. The van der Waals surface area contributed by atoms with Crippen LogP contribution < -0.4 is 5.32 Å². The smallest absolute Gasteiger partial charge is 0.161 e. The lowest BCUT2D eigenvalue weighted by Crippen LogP contribution is -2.04. The first-order chi connectivity index (χ1) is 7.31. The standard InChI is InChI=1S/C10H16N4S/c1-3-8-7-15-10(12-8)13-9-5-11-14(4-2)6-9/h5-6,8H,3-4,7H2,1-2H3,(H,12,13). The predicted octanol–water partition coefficient (Wildman–Crippen LogP) is 2.20. The highest BCUT2D eigenvalue weighted by molar-refractivity contribution is 8.14. The Morgan fingerprint density at radius 1 is 1.60 bits per heavy atom. The van der Waals surface area contributed by atoms with Gasteiger partial charge in [0.25, 0.3) is 0 Å². The monoisotopic (exact) mass is 224 g/mol. The van der Waals surface area contributed by atoms with Crippen LogP contribution >= 0.6 is 11.8 Å². The summed E-state index contributed by atoms with van der Waals surface area (Å²) in [5.41, 5.74) is 1.03. The van der Waals surface area contributed by atoms with Crippen LogP contribution in [0.5, 0.6) is 0 Å². The molecule has 1 aliphatic heterocycles. The number of hydrogen-bond donors (Lipinski definition) is 1. The van der Waals surface area contributed by atoms with E-state index in [1.807, 2.05) is 17.1 Å². The Hall–Kier alpha value is -0.970. The third kappa shape index (κ3) is 2.53. The van der Waals surface area contributed by atoms with Crippen LogP contribution in [0.2, 0.25) is 0 Å². The van der Waals surface area contributed by atoms with Crippen molar-refractivity contribution >= 4 is 22.6 Å². The van der Waals surface area contributed by atoms with E-state index in [1.54, 1.807) is 11.8 Å². The van der Waals surface area contributed by atoms with Gasteiger partial charge in [-0.2, -0.15) is 5.10 Å². The maximum absolute atomic E-state index is 4.57. The van der Waals surface area contributed by atoms with Crippen molar-refractivity contribution in [2.24, 2.45) is 4.99 Å². The Labute approximate surface area is 94.2 Å². The maximum Gasteiger partial charge on any atom is 0.161 e. The largest absolute Gasteiger partial charge is 0.332 e. The number of rotatable bonds is 3. The first kappa shape index (κ1) is 10.5. The van der Waals surface area contributed by atoms with Gasteiger partial charge in [-0.15, -0.1) is 0 Å². The average Bonchev–Trinajstić information content (AvgIpc) is 2.87. The lowest BCUT2D eigenvalue weighted by atomic mass is 10.3. The summed E-state index contributed by atoms with van der Waals surface area (Å²) < 4.78 is 1.90. The van der Waals surface area contributed by atoms with E-state index in [9.17, 15) is 0 Å². The van der Waals surface area contributed by atoms with Gasteiger partial charge in [0.15, 0.2) is 5.17 Å². The normalized spacial score (nSPS) is 20.4. The van der Waals surface area contributed by atoms with E-state index in [-0.39, 0.29) is 0 Å². The number of thioether (sulfide) groups is 1. The van der Waals surface area contributed by atoms with E-state index in [4.69, 9.17) is 0 Å². The Morgan fingerprint density at radius 2 is 2.47 bits per heavy atom. The molecule has 0 aromatic carbocycles. The molecule has 0 bridgehead atoms. The molecule has 0 spiro atoms. The number of nitrogens with zero attached hydrogens (tertiary/aromatic N) is 3. The summed E-state index contributed by atoms with van der Waals surface area (Å²) >= 11 is 1.79. The summed E-state index contributed by atoms with van der Waals surface area (Å²) in [6.45, 7) is 5.15. The summed E-state index contributed by atoms with van der Waals surface area (Å²) in [7, 11) is 0. The summed E-state index contributed by atoms with van der Waals surface area (Å²) in [6, 6.07) is 0.485. The fourth-order valence-electron chi connectivity index (χ4n) is 1.42. The number of amidine groups is 1. The Morgan fingerprint density at radius 3 is 3.07 bits per heavy atom. The molecule has 0 saturated carbocycles. The molecule has 4 nitrogen and oxygen atoms in total. The molecule has 15 heavy (non-hydrogen) atoms. The predicted molar refractivity (Wildman–Crippen MR) is 65.5 cm³/mol. The molecule has 1 aliphatic rings. The Kier molecular flexibility index (Phi) is 3.30. The molecule has 0 aliphatic carbocycles. The molecule has 0 radical (unpaired) electrons. The molecule has 0 fully saturated rings. The molecular formula is C10H16N4S. The number of anilines is 1. The van der Waals surface area contributed by atoms with Crippen molar-refractivity contribution in [3.8, 4) is 0 Å². The topological polar surface area (TPSA) is 42.2 Å². The minimum Gasteiger partial charge on any atom is -0.332 e. The minimum atomic E-state index is 0.485. The van der Waals surface area contributed by atoms with Crippen LogP contribution in [0.3, 0.4) is 0 Å². The molecule has 5 heteroatoms. The van der Waals surface area contributed by atoms with Crippen molar-refractivity contribution in [1.29, 1.82) is 0 Å². The van der Waals surface area contributed by atoms with E-state index in [1.165, 1.54) is 0 Å². The SMILES string of the molecule is CCC1CSC(Nc2cnn(CC)c2)=N1. The fourth-order valence-corrected chi connectivity index (χ4v) is 2.49. The van der Waals surface area contributed by atoms with Crippen molar-refractivity contribution in [2.45, 2.75) is 32.9 Å². The zero-order valence-electron chi connectivity index (χ0n) is 9.10. The second kappa shape index (κ2) is 4.70. The molecule has 2 heterocycles. The van der Waals surface area contributed by atoms with Crippen molar-refractivity contribution in [2.75, 3.05) is 11.1 Å². The average molecular weight is 224 g/mol. The Balaban J connectivity index is 1.97. The molecule has 82 valence electrons. The van der Waals surface area contributed by atoms with Gasteiger partial charge >= 0.3 is 0 Å². The quantitative estimate of drug-likeness (QED) is 0.856. The number of nitrogens with one attached hydrogen (secondary N) is 1. The Bertz CT molecular complexity index is 358. The second-order valence-corrected chi connectivity index (χ2v) is 4.53. The third-order valence-corrected chi connectivity index (χ3v) is 3.42. The van der Waals surface area contributed by atoms with Crippen molar-refractivity contribution in [3.05, 3.63) is 12.4 Å². The lowest BCUT2D eigenvalue weighted by Gasteiger charge is -1.99. The van der Waals surface area contributed by atoms with Gasteiger partial charge in [0, 0.05) is 18.5 Å². The second-order valence-electron chi connectivity index (χ2n) is 3.52. The van der Waals surface area contributed by atoms with Crippen molar-refractivity contribution < 1.29 is 0 Å². The molecule has 1 N–H and O–H groups in total. The van der Waals surface area contributed by atoms with E-state index < -0.39 is 0 Å². The number of aryl methyl sites for hydroxylation is 1. The molecule has 1 aromatic rings. The highest BCUT2D eigenvalue weighted by Crippen LogP contribution is 2.21. The van der Waals surface area contributed by atoms with Gasteiger partial charge in [-0.3, -0.25) is 9.67 Å². The van der Waals surface area contributed by atoms with Crippen LogP contribution in [-0.2, 0) is 6.54 Å². The molecule has 2 rings (SSSR count). The molecular weight excluding hydrogens is 208 g/mol. The first-order valence-corrected chi connectivity index (χ1v) is 6.30. The number of aromatic nitrogens is 2. The fraction of sp³-hybridized carbons (Fsp3) is 0.600. The third-order valence-electron chi connectivity index (χ3n) is 2.39. The molecule has 1 unspecified atom stereocenters. The number of hydrogen-bond acceptors (Lipinski definition) is 4. The van der Waals surface area contributed by atoms with E-state index in [0.29, 0.717) is 6.04 Å². The van der Waals surface area contributed by atoms with Gasteiger partial charge in [-0.05, 0) is 13.3 Å². The van der Waals surface area contributed by atoms with Crippen LogP contribution in [0.25, 0.3) is 0 Å². The highest BCUT2D eigenvalue weighted by Gasteiger charge is 2.16. The van der Waals surface area contributed by atoms with Crippen LogP contribution in [0.1, 0.15) is 20.3 Å². The van der Waals surface area contributed by atoms with Gasteiger partial charge in [0.2, 0.25) is 0 Å². The summed E-state index contributed by atoms with van der Waals surface area (Å²) in [4.78, 5) is 4.57. The van der Waals surface area contributed by atoms with Gasteiger partial charge in [-0.25, -0.2) is 0 Å². The molecule has 0 amide bonds. The van der Waals surface area contributed by atoms with Gasteiger partial charge in [0.1, 0.15) is 0 Å². The van der Waals surface area contributed by atoms with Crippen LogP contribution in [0.4, 0.5) is 5.69 Å². The van der Waals surface area contributed by atoms with E-state index >= 15 is 0 Å².